The highest BCUT2D eigenvalue weighted by Crippen LogP contribution is 2.32. The summed E-state index contributed by atoms with van der Waals surface area (Å²) in [4.78, 5) is 0. The van der Waals surface area contributed by atoms with Crippen LogP contribution in [0.15, 0.2) is 42.5 Å². The summed E-state index contributed by atoms with van der Waals surface area (Å²) in [6.45, 7) is 1.44. The predicted octanol–water partition coefficient (Wildman–Crippen LogP) is 3.78. The highest BCUT2D eigenvalue weighted by molar-refractivity contribution is 6.30. The van der Waals surface area contributed by atoms with Crippen molar-refractivity contribution in [2.24, 2.45) is 5.92 Å². The molecule has 0 saturated carbocycles. The van der Waals surface area contributed by atoms with Crippen molar-refractivity contribution in [3.8, 4) is 5.75 Å². The van der Waals surface area contributed by atoms with E-state index in [9.17, 15) is 5.11 Å². The third kappa shape index (κ3) is 4.10. The van der Waals surface area contributed by atoms with Crippen LogP contribution in [0.25, 0.3) is 0 Å². The van der Waals surface area contributed by atoms with E-state index < -0.39 is 6.10 Å². The fraction of sp³-hybridized carbons (Fsp3) is 0.400. The SMILES string of the molecule is COc1cccc2c1CC(CNCC(O)c1cccc(Cl)c1)CC2. The number of aryl methyl sites for hydroxylation is 1. The lowest BCUT2D eigenvalue weighted by molar-refractivity contribution is 0.172. The fourth-order valence-electron chi connectivity index (χ4n) is 3.45. The molecule has 2 unspecified atom stereocenters. The number of nitrogens with one attached hydrogen (secondary N) is 1. The first-order valence-electron chi connectivity index (χ1n) is 8.46. The van der Waals surface area contributed by atoms with Crippen LogP contribution < -0.4 is 10.1 Å². The average Bonchev–Trinajstić information content (AvgIpc) is 2.61. The summed E-state index contributed by atoms with van der Waals surface area (Å²) < 4.78 is 5.50. The van der Waals surface area contributed by atoms with E-state index in [0.717, 1.165) is 30.7 Å². The van der Waals surface area contributed by atoms with Gasteiger partial charge in [-0.1, -0.05) is 35.9 Å². The Bertz CT molecular complexity index is 675. The Kier molecular flexibility index (Phi) is 5.77. The number of aliphatic hydroxyl groups is 1. The minimum atomic E-state index is -0.533. The lowest BCUT2D eigenvalue weighted by Gasteiger charge is -2.26. The second-order valence-electron chi connectivity index (χ2n) is 6.44. The molecule has 0 bridgehead atoms. The van der Waals surface area contributed by atoms with Gasteiger partial charge in [-0.15, -0.1) is 0 Å². The van der Waals surface area contributed by atoms with Gasteiger partial charge < -0.3 is 15.2 Å². The Hall–Kier alpha value is -1.55. The molecule has 0 fully saturated rings. The molecule has 2 atom stereocenters. The average molecular weight is 346 g/mol. The zero-order chi connectivity index (χ0) is 16.9. The van der Waals surface area contributed by atoms with Gasteiger partial charge in [-0.2, -0.15) is 0 Å². The first kappa shape index (κ1) is 17.3. The molecule has 4 heteroatoms. The van der Waals surface area contributed by atoms with E-state index in [1.165, 1.54) is 17.5 Å². The Morgan fingerprint density at radius 3 is 2.92 bits per heavy atom. The van der Waals surface area contributed by atoms with Crippen LogP contribution in [0.1, 0.15) is 29.2 Å². The van der Waals surface area contributed by atoms with Crippen LogP contribution in [0.2, 0.25) is 5.02 Å². The number of aliphatic hydroxyl groups excluding tert-OH is 1. The highest BCUT2D eigenvalue weighted by Gasteiger charge is 2.21. The summed E-state index contributed by atoms with van der Waals surface area (Å²) >= 11 is 5.98. The zero-order valence-corrected chi connectivity index (χ0v) is 14.7. The second kappa shape index (κ2) is 8.02. The molecule has 2 aromatic rings. The van der Waals surface area contributed by atoms with Crippen LogP contribution in [0.5, 0.6) is 5.75 Å². The summed E-state index contributed by atoms with van der Waals surface area (Å²) in [5.74, 6) is 1.57. The summed E-state index contributed by atoms with van der Waals surface area (Å²) in [7, 11) is 1.73. The molecular formula is C20H24ClNO2. The topological polar surface area (TPSA) is 41.5 Å². The molecule has 1 aliphatic rings. The molecule has 3 rings (SSSR count). The van der Waals surface area contributed by atoms with Gasteiger partial charge in [0.15, 0.2) is 0 Å². The van der Waals surface area contributed by atoms with Crippen molar-refractivity contribution in [2.75, 3.05) is 20.2 Å². The minimum Gasteiger partial charge on any atom is -0.496 e. The van der Waals surface area contributed by atoms with Crippen LogP contribution in [-0.4, -0.2) is 25.3 Å². The van der Waals surface area contributed by atoms with Crippen LogP contribution in [-0.2, 0) is 12.8 Å². The molecule has 0 saturated heterocycles. The molecule has 128 valence electrons. The van der Waals surface area contributed by atoms with Gasteiger partial charge >= 0.3 is 0 Å². The van der Waals surface area contributed by atoms with Crippen LogP contribution >= 0.6 is 11.6 Å². The molecule has 24 heavy (non-hydrogen) atoms. The number of halogens is 1. The van der Waals surface area contributed by atoms with Crippen molar-refractivity contribution in [2.45, 2.75) is 25.4 Å². The van der Waals surface area contributed by atoms with Gasteiger partial charge in [-0.05, 0) is 66.6 Å². The van der Waals surface area contributed by atoms with Crippen molar-refractivity contribution in [3.63, 3.8) is 0 Å². The summed E-state index contributed by atoms with van der Waals surface area (Å²) in [5.41, 5.74) is 3.60. The highest BCUT2D eigenvalue weighted by atomic mass is 35.5. The number of rotatable bonds is 6. The van der Waals surface area contributed by atoms with E-state index in [2.05, 4.69) is 17.4 Å². The molecule has 0 aromatic heterocycles. The predicted molar refractivity (Wildman–Crippen MR) is 97.8 cm³/mol. The van der Waals surface area contributed by atoms with Gasteiger partial charge in [0, 0.05) is 11.6 Å². The number of benzene rings is 2. The maximum Gasteiger partial charge on any atom is 0.122 e. The molecule has 0 radical (unpaired) electrons. The van der Waals surface area contributed by atoms with E-state index in [1.54, 1.807) is 7.11 Å². The molecule has 2 N–H and O–H groups in total. The zero-order valence-electron chi connectivity index (χ0n) is 14.0. The van der Waals surface area contributed by atoms with E-state index in [1.807, 2.05) is 30.3 Å². The van der Waals surface area contributed by atoms with E-state index in [0.29, 0.717) is 17.5 Å². The Labute approximate surface area is 148 Å². The summed E-state index contributed by atoms with van der Waals surface area (Å²) in [6.07, 6.45) is 2.75. The molecule has 0 heterocycles. The van der Waals surface area contributed by atoms with Gasteiger partial charge in [0.25, 0.3) is 0 Å². The lowest BCUT2D eigenvalue weighted by atomic mass is 9.83. The molecule has 0 amide bonds. The molecule has 1 aliphatic carbocycles. The molecular weight excluding hydrogens is 322 g/mol. The Morgan fingerprint density at radius 2 is 2.12 bits per heavy atom. The van der Waals surface area contributed by atoms with E-state index >= 15 is 0 Å². The first-order chi connectivity index (χ1) is 11.7. The Balaban J connectivity index is 1.53. The number of ether oxygens (including phenoxy) is 1. The number of hydrogen-bond acceptors (Lipinski definition) is 3. The minimum absolute atomic E-state index is 0.533. The maximum absolute atomic E-state index is 10.3. The van der Waals surface area contributed by atoms with Gasteiger partial charge in [0.2, 0.25) is 0 Å². The van der Waals surface area contributed by atoms with Crippen molar-refractivity contribution < 1.29 is 9.84 Å². The molecule has 2 aromatic carbocycles. The van der Waals surface area contributed by atoms with Crippen molar-refractivity contribution in [1.82, 2.24) is 5.32 Å². The summed E-state index contributed by atoms with van der Waals surface area (Å²) in [5, 5.41) is 14.3. The number of hydrogen-bond donors (Lipinski definition) is 2. The van der Waals surface area contributed by atoms with Gasteiger partial charge in [-0.3, -0.25) is 0 Å². The lowest BCUT2D eigenvalue weighted by Crippen LogP contribution is -2.30. The maximum atomic E-state index is 10.3. The molecule has 0 spiro atoms. The van der Waals surface area contributed by atoms with E-state index in [-0.39, 0.29) is 0 Å². The van der Waals surface area contributed by atoms with Crippen LogP contribution in [0.3, 0.4) is 0 Å². The van der Waals surface area contributed by atoms with Gasteiger partial charge in [-0.25, -0.2) is 0 Å². The second-order valence-corrected chi connectivity index (χ2v) is 6.87. The standard InChI is InChI=1S/C20H24ClNO2/c1-24-20-7-3-4-15-9-8-14(10-18(15)20)12-22-13-19(23)16-5-2-6-17(21)11-16/h2-7,11,14,19,22-23H,8-10,12-13H2,1H3. The van der Waals surface area contributed by atoms with Crippen molar-refractivity contribution >= 4 is 11.6 Å². The Morgan fingerprint density at radius 1 is 1.29 bits per heavy atom. The van der Waals surface area contributed by atoms with Crippen LogP contribution in [0.4, 0.5) is 0 Å². The normalized spacial score (nSPS) is 18.0. The van der Waals surface area contributed by atoms with Crippen molar-refractivity contribution in [1.29, 1.82) is 0 Å². The van der Waals surface area contributed by atoms with E-state index in [4.69, 9.17) is 16.3 Å². The van der Waals surface area contributed by atoms with Gasteiger partial charge in [0.05, 0.1) is 13.2 Å². The number of methoxy groups -OCH3 is 1. The van der Waals surface area contributed by atoms with Gasteiger partial charge in [0.1, 0.15) is 5.75 Å². The quantitative estimate of drug-likeness (QED) is 0.837. The number of fused-ring (bicyclic) bond motifs is 1. The smallest absolute Gasteiger partial charge is 0.122 e. The molecule has 0 aliphatic heterocycles. The monoisotopic (exact) mass is 345 g/mol. The fourth-order valence-corrected chi connectivity index (χ4v) is 3.65. The van der Waals surface area contributed by atoms with Crippen LogP contribution in [0, 0.1) is 5.92 Å². The largest absolute Gasteiger partial charge is 0.496 e. The summed E-state index contributed by atoms with van der Waals surface area (Å²) in [6, 6.07) is 13.7. The third-order valence-electron chi connectivity index (χ3n) is 4.77. The molecule has 3 nitrogen and oxygen atoms in total. The first-order valence-corrected chi connectivity index (χ1v) is 8.84. The third-order valence-corrected chi connectivity index (χ3v) is 5.00. The van der Waals surface area contributed by atoms with Crippen molar-refractivity contribution in [3.05, 3.63) is 64.2 Å².